The molecule has 0 fully saturated rings. The van der Waals surface area contributed by atoms with Gasteiger partial charge in [-0.1, -0.05) is 27.5 Å². The van der Waals surface area contributed by atoms with Gasteiger partial charge in [-0.05, 0) is 29.8 Å². The summed E-state index contributed by atoms with van der Waals surface area (Å²) < 4.78 is 19.3. The van der Waals surface area contributed by atoms with Gasteiger partial charge in [0.05, 0.1) is 6.20 Å². The first-order valence-corrected chi connectivity index (χ1v) is 5.92. The van der Waals surface area contributed by atoms with Gasteiger partial charge in [0.15, 0.2) is 11.6 Å². The van der Waals surface area contributed by atoms with Gasteiger partial charge in [-0.15, -0.1) is 0 Å². The largest absolute Gasteiger partial charge is 0.434 e. The molecule has 0 spiro atoms. The van der Waals surface area contributed by atoms with Crippen LogP contribution in [0.15, 0.2) is 28.9 Å². The second-order valence-corrected chi connectivity index (χ2v) is 4.63. The fourth-order valence-electron chi connectivity index (χ4n) is 1.06. The summed E-state index contributed by atoms with van der Waals surface area (Å²) in [5.74, 6) is -0.525. The minimum Gasteiger partial charge on any atom is -0.434 e. The fraction of sp³-hybridized carbons (Fsp3) is 0. The van der Waals surface area contributed by atoms with Crippen molar-refractivity contribution in [3.63, 3.8) is 0 Å². The summed E-state index contributed by atoms with van der Waals surface area (Å²) in [6.45, 7) is 0. The normalized spacial score (nSPS) is 10.4. The summed E-state index contributed by atoms with van der Waals surface area (Å²) in [4.78, 5) is 7.41. The van der Waals surface area contributed by atoms with Crippen molar-refractivity contribution in [2.24, 2.45) is 0 Å². The van der Waals surface area contributed by atoms with E-state index in [1.165, 1.54) is 18.3 Å². The average Bonchev–Trinajstić information content (AvgIpc) is 2.27. The van der Waals surface area contributed by atoms with Gasteiger partial charge in [0.1, 0.15) is 5.02 Å². The maximum atomic E-state index is 13.5. The third-order valence-corrected chi connectivity index (χ3v) is 2.72. The van der Waals surface area contributed by atoms with Crippen LogP contribution >= 0.6 is 39.1 Å². The van der Waals surface area contributed by atoms with Gasteiger partial charge < -0.3 is 4.74 Å². The molecule has 0 aliphatic heterocycles. The van der Waals surface area contributed by atoms with Gasteiger partial charge in [-0.3, -0.25) is 0 Å². The molecule has 1 heterocycles. The number of hydrogen-bond donors (Lipinski definition) is 0. The molecule has 0 aliphatic carbocycles. The third kappa shape index (κ3) is 3.06. The van der Waals surface area contributed by atoms with Gasteiger partial charge >= 0.3 is 0 Å². The maximum Gasteiger partial charge on any atom is 0.242 e. The number of benzene rings is 1. The zero-order chi connectivity index (χ0) is 12.4. The van der Waals surface area contributed by atoms with Crippen molar-refractivity contribution >= 4 is 39.1 Å². The summed E-state index contributed by atoms with van der Waals surface area (Å²) >= 11 is 14.5. The predicted octanol–water partition coefficient (Wildman–Crippen LogP) is 4.48. The molecular formula is C10H4BrCl2FN2O. The zero-order valence-corrected chi connectivity index (χ0v) is 11.2. The lowest BCUT2D eigenvalue weighted by Gasteiger charge is -2.07. The number of nitrogens with zero attached hydrogens (tertiary/aromatic N) is 2. The Labute approximate surface area is 115 Å². The van der Waals surface area contributed by atoms with Crippen molar-refractivity contribution in [1.82, 2.24) is 9.97 Å². The van der Waals surface area contributed by atoms with E-state index < -0.39 is 5.82 Å². The van der Waals surface area contributed by atoms with Crippen LogP contribution in [-0.2, 0) is 0 Å². The Balaban J connectivity index is 2.34. The second-order valence-electron chi connectivity index (χ2n) is 2.97. The van der Waals surface area contributed by atoms with E-state index in [4.69, 9.17) is 27.9 Å². The van der Waals surface area contributed by atoms with Crippen LogP contribution in [0.1, 0.15) is 0 Å². The summed E-state index contributed by atoms with van der Waals surface area (Å²) in [5.41, 5.74) is 0. The minimum atomic E-state index is -0.537. The summed E-state index contributed by atoms with van der Waals surface area (Å²) in [7, 11) is 0. The first-order valence-electron chi connectivity index (χ1n) is 4.37. The van der Waals surface area contributed by atoms with Crippen LogP contribution in [0.2, 0.25) is 10.3 Å². The minimum absolute atomic E-state index is 0.00451. The third-order valence-electron chi connectivity index (χ3n) is 1.78. The Bertz CT molecular complexity index is 568. The van der Waals surface area contributed by atoms with Gasteiger partial charge in [-0.2, -0.15) is 4.98 Å². The van der Waals surface area contributed by atoms with Crippen LogP contribution in [0.25, 0.3) is 0 Å². The van der Waals surface area contributed by atoms with Crippen molar-refractivity contribution in [3.05, 3.63) is 45.0 Å². The van der Waals surface area contributed by atoms with E-state index in [0.717, 1.165) is 0 Å². The van der Waals surface area contributed by atoms with Crippen LogP contribution in [0.3, 0.4) is 0 Å². The van der Waals surface area contributed by atoms with Crippen LogP contribution in [-0.4, -0.2) is 9.97 Å². The first kappa shape index (κ1) is 12.5. The molecule has 17 heavy (non-hydrogen) atoms. The van der Waals surface area contributed by atoms with E-state index in [-0.39, 0.29) is 21.9 Å². The van der Waals surface area contributed by atoms with Crippen LogP contribution in [0.4, 0.5) is 4.39 Å². The van der Waals surface area contributed by atoms with E-state index >= 15 is 0 Å². The van der Waals surface area contributed by atoms with E-state index in [0.29, 0.717) is 4.47 Å². The number of rotatable bonds is 2. The molecule has 1 aromatic carbocycles. The smallest absolute Gasteiger partial charge is 0.242 e. The Morgan fingerprint density at radius 3 is 2.76 bits per heavy atom. The van der Waals surface area contributed by atoms with Crippen molar-refractivity contribution < 1.29 is 9.13 Å². The molecule has 0 atom stereocenters. The second kappa shape index (κ2) is 5.16. The highest BCUT2D eigenvalue weighted by atomic mass is 79.9. The average molecular weight is 338 g/mol. The van der Waals surface area contributed by atoms with E-state index in [1.807, 2.05) is 0 Å². The van der Waals surface area contributed by atoms with E-state index in [1.54, 1.807) is 6.07 Å². The Hall–Kier alpha value is -0.910. The molecule has 0 bridgehead atoms. The van der Waals surface area contributed by atoms with Gasteiger partial charge in [0, 0.05) is 4.47 Å². The zero-order valence-electron chi connectivity index (χ0n) is 8.12. The van der Waals surface area contributed by atoms with Crippen LogP contribution < -0.4 is 4.74 Å². The molecule has 2 rings (SSSR count). The molecule has 0 amide bonds. The number of ether oxygens (including phenoxy) is 1. The van der Waals surface area contributed by atoms with Crippen molar-refractivity contribution in [2.45, 2.75) is 0 Å². The Morgan fingerprint density at radius 2 is 2.06 bits per heavy atom. The molecule has 3 nitrogen and oxygen atoms in total. The standard InChI is InChI=1S/C10H4BrCl2FN2O/c11-5-1-2-8(7(14)3-5)17-9-6(12)4-15-10(13)16-9/h1-4H. The lowest BCUT2D eigenvalue weighted by Crippen LogP contribution is -1.93. The highest BCUT2D eigenvalue weighted by Gasteiger charge is 2.10. The molecule has 88 valence electrons. The SMILES string of the molecule is Fc1cc(Br)ccc1Oc1nc(Cl)ncc1Cl. The molecule has 0 radical (unpaired) electrons. The Morgan fingerprint density at radius 1 is 1.29 bits per heavy atom. The maximum absolute atomic E-state index is 13.5. The molecule has 2 aromatic rings. The number of halogens is 4. The highest BCUT2D eigenvalue weighted by molar-refractivity contribution is 9.10. The van der Waals surface area contributed by atoms with Gasteiger partial charge in [-0.25, -0.2) is 9.37 Å². The van der Waals surface area contributed by atoms with Crippen LogP contribution in [0, 0.1) is 5.82 Å². The lowest BCUT2D eigenvalue weighted by molar-refractivity contribution is 0.426. The quantitative estimate of drug-likeness (QED) is 0.758. The topological polar surface area (TPSA) is 35.0 Å². The highest BCUT2D eigenvalue weighted by Crippen LogP contribution is 2.30. The molecule has 7 heteroatoms. The van der Waals surface area contributed by atoms with E-state index in [2.05, 4.69) is 25.9 Å². The summed E-state index contributed by atoms with van der Waals surface area (Å²) in [5, 5.41) is 0.124. The molecule has 1 aromatic heterocycles. The molecule has 0 N–H and O–H groups in total. The molecule has 0 unspecified atom stereocenters. The Kier molecular flexibility index (Phi) is 3.81. The lowest BCUT2D eigenvalue weighted by atomic mass is 10.3. The van der Waals surface area contributed by atoms with Crippen molar-refractivity contribution in [2.75, 3.05) is 0 Å². The first-order chi connectivity index (χ1) is 8.06. The molecule has 0 aliphatic rings. The van der Waals surface area contributed by atoms with Crippen molar-refractivity contribution in [1.29, 1.82) is 0 Å². The predicted molar refractivity (Wildman–Crippen MR) is 66.2 cm³/mol. The summed E-state index contributed by atoms with van der Waals surface area (Å²) in [6, 6.07) is 4.35. The van der Waals surface area contributed by atoms with Crippen LogP contribution in [0.5, 0.6) is 11.6 Å². The van der Waals surface area contributed by atoms with Crippen molar-refractivity contribution in [3.8, 4) is 11.6 Å². The number of aromatic nitrogens is 2. The molecular weight excluding hydrogens is 334 g/mol. The van der Waals surface area contributed by atoms with Gasteiger partial charge in [0.25, 0.3) is 0 Å². The molecule has 0 saturated carbocycles. The molecule has 0 saturated heterocycles. The van der Waals surface area contributed by atoms with E-state index in [9.17, 15) is 4.39 Å². The fourth-order valence-corrected chi connectivity index (χ4v) is 1.65. The summed E-state index contributed by atoms with van der Waals surface area (Å²) in [6.07, 6.45) is 1.28. The monoisotopic (exact) mass is 336 g/mol. The van der Waals surface area contributed by atoms with Gasteiger partial charge in [0.2, 0.25) is 11.2 Å². The number of hydrogen-bond acceptors (Lipinski definition) is 3.